The van der Waals surface area contributed by atoms with Crippen molar-refractivity contribution in [3.63, 3.8) is 0 Å². The van der Waals surface area contributed by atoms with Crippen molar-refractivity contribution in [3.05, 3.63) is 29.8 Å². The number of hydrogen-bond acceptors (Lipinski definition) is 4. The van der Waals surface area contributed by atoms with Crippen LogP contribution in [-0.2, 0) is 4.84 Å². The van der Waals surface area contributed by atoms with Gasteiger partial charge in [0.25, 0.3) is 0 Å². The van der Waals surface area contributed by atoms with Gasteiger partial charge in [0.1, 0.15) is 5.75 Å². The number of nitrogens with one attached hydrogen (secondary N) is 1. The second-order valence-corrected chi connectivity index (χ2v) is 2.18. The van der Waals surface area contributed by atoms with E-state index in [9.17, 15) is 0 Å². The molecule has 1 aromatic rings. The highest BCUT2D eigenvalue weighted by atomic mass is 16.6. The zero-order valence-corrected chi connectivity index (χ0v) is 6.70. The summed E-state index contributed by atoms with van der Waals surface area (Å²) in [6.45, 7) is 0. The third kappa shape index (κ3) is 1.73. The Morgan fingerprint density at radius 3 is 2.83 bits per heavy atom. The summed E-state index contributed by atoms with van der Waals surface area (Å²) in [5.41, 5.74) is 0.594. The van der Waals surface area contributed by atoms with Gasteiger partial charge in [-0.2, -0.15) is 5.90 Å². The van der Waals surface area contributed by atoms with Crippen LogP contribution in [0.15, 0.2) is 24.3 Å². The molecular weight excluding hydrogens is 156 g/mol. The van der Waals surface area contributed by atoms with Gasteiger partial charge in [-0.3, -0.25) is 5.41 Å². The first-order chi connectivity index (χ1) is 5.77. The van der Waals surface area contributed by atoms with Crippen LogP contribution in [0.1, 0.15) is 5.56 Å². The molecule has 0 radical (unpaired) electrons. The summed E-state index contributed by atoms with van der Waals surface area (Å²) in [5, 5.41) is 7.25. The molecule has 0 amide bonds. The van der Waals surface area contributed by atoms with Gasteiger partial charge < -0.3 is 9.57 Å². The van der Waals surface area contributed by atoms with Gasteiger partial charge in [0.15, 0.2) is 0 Å². The number of rotatable bonds is 2. The molecule has 0 fully saturated rings. The van der Waals surface area contributed by atoms with Crippen LogP contribution < -0.4 is 10.6 Å². The van der Waals surface area contributed by atoms with Crippen LogP contribution in [-0.4, -0.2) is 13.0 Å². The molecule has 1 rings (SSSR count). The Balaban J connectivity index is 2.93. The normalized spacial score (nSPS) is 9.17. The van der Waals surface area contributed by atoms with E-state index in [4.69, 9.17) is 16.0 Å². The van der Waals surface area contributed by atoms with Crippen molar-refractivity contribution in [2.75, 3.05) is 7.11 Å². The molecule has 0 aliphatic heterocycles. The van der Waals surface area contributed by atoms with Crippen molar-refractivity contribution in [2.45, 2.75) is 0 Å². The Bertz CT molecular complexity index is 286. The average molecular weight is 166 g/mol. The summed E-state index contributed by atoms with van der Waals surface area (Å²) in [5.74, 6) is 5.43. The highest BCUT2D eigenvalue weighted by Gasteiger charge is 2.01. The van der Waals surface area contributed by atoms with Crippen molar-refractivity contribution in [1.82, 2.24) is 0 Å². The van der Waals surface area contributed by atoms with Crippen LogP contribution in [0.5, 0.6) is 5.75 Å². The predicted molar refractivity (Wildman–Crippen MR) is 45.1 cm³/mol. The highest BCUT2D eigenvalue weighted by Crippen LogP contribution is 2.12. The van der Waals surface area contributed by atoms with Crippen molar-refractivity contribution >= 4 is 5.90 Å². The van der Waals surface area contributed by atoms with Gasteiger partial charge in [0.2, 0.25) is 5.90 Å². The molecule has 0 unspecified atom stereocenters. The summed E-state index contributed by atoms with van der Waals surface area (Å²) in [6, 6.07) is 6.95. The lowest BCUT2D eigenvalue weighted by Gasteiger charge is -2.03. The quantitative estimate of drug-likeness (QED) is 0.390. The number of benzene rings is 1. The van der Waals surface area contributed by atoms with E-state index in [1.807, 2.05) is 0 Å². The molecule has 4 nitrogen and oxygen atoms in total. The molecule has 0 aliphatic rings. The minimum atomic E-state index is -0.0751. The van der Waals surface area contributed by atoms with Gasteiger partial charge in [0.05, 0.1) is 7.11 Å². The molecule has 3 N–H and O–H groups in total. The van der Waals surface area contributed by atoms with E-state index < -0.39 is 0 Å². The van der Waals surface area contributed by atoms with E-state index >= 15 is 0 Å². The summed E-state index contributed by atoms with van der Waals surface area (Å²) in [6.07, 6.45) is 0. The van der Waals surface area contributed by atoms with Gasteiger partial charge in [-0.25, -0.2) is 0 Å². The Labute approximate surface area is 70.4 Å². The summed E-state index contributed by atoms with van der Waals surface area (Å²) < 4.78 is 4.96. The minimum absolute atomic E-state index is 0.0751. The smallest absolute Gasteiger partial charge is 0.237 e. The fourth-order valence-electron chi connectivity index (χ4n) is 0.832. The fraction of sp³-hybridized carbons (Fsp3) is 0.125. The molecule has 0 bridgehead atoms. The van der Waals surface area contributed by atoms with Crippen LogP contribution in [0.2, 0.25) is 0 Å². The van der Waals surface area contributed by atoms with Crippen LogP contribution in [0.25, 0.3) is 0 Å². The summed E-state index contributed by atoms with van der Waals surface area (Å²) >= 11 is 0. The second-order valence-electron chi connectivity index (χ2n) is 2.18. The first-order valence-corrected chi connectivity index (χ1v) is 3.37. The molecule has 0 heterocycles. The minimum Gasteiger partial charge on any atom is -0.497 e. The zero-order chi connectivity index (χ0) is 8.97. The lowest BCUT2D eigenvalue weighted by atomic mass is 10.2. The standard InChI is InChI=1S/C8H10N2O2/c1-11-7-4-2-3-6(5-7)8(9)12-10/h2-5,9H,10H2,1H3. The van der Waals surface area contributed by atoms with E-state index in [1.54, 1.807) is 31.4 Å². The second kappa shape index (κ2) is 3.73. The van der Waals surface area contributed by atoms with Crippen molar-refractivity contribution < 1.29 is 9.57 Å². The topological polar surface area (TPSA) is 68.3 Å². The predicted octanol–water partition coefficient (Wildman–Crippen LogP) is 0.911. The molecule has 4 heteroatoms. The molecule has 0 atom stereocenters. The lowest BCUT2D eigenvalue weighted by Crippen LogP contribution is -2.09. The monoisotopic (exact) mass is 166 g/mol. The van der Waals surface area contributed by atoms with E-state index in [1.165, 1.54) is 0 Å². The summed E-state index contributed by atoms with van der Waals surface area (Å²) in [7, 11) is 1.56. The third-order valence-electron chi connectivity index (χ3n) is 1.45. The molecule has 1 aromatic carbocycles. The van der Waals surface area contributed by atoms with Crippen LogP contribution in [0, 0.1) is 5.41 Å². The average Bonchev–Trinajstić information content (AvgIpc) is 2.17. The SMILES string of the molecule is COc1cccc(C(=N)ON)c1. The molecule has 0 aliphatic carbocycles. The highest BCUT2D eigenvalue weighted by molar-refractivity contribution is 5.91. The Hall–Kier alpha value is -1.55. The van der Waals surface area contributed by atoms with Crippen molar-refractivity contribution in [2.24, 2.45) is 5.90 Å². The van der Waals surface area contributed by atoms with E-state index in [0.29, 0.717) is 11.3 Å². The van der Waals surface area contributed by atoms with E-state index in [0.717, 1.165) is 0 Å². The Morgan fingerprint density at radius 2 is 2.25 bits per heavy atom. The Morgan fingerprint density at radius 1 is 1.50 bits per heavy atom. The van der Waals surface area contributed by atoms with Crippen LogP contribution in [0.4, 0.5) is 0 Å². The summed E-state index contributed by atoms with van der Waals surface area (Å²) in [4.78, 5) is 4.26. The number of ether oxygens (including phenoxy) is 1. The molecular formula is C8H10N2O2. The fourth-order valence-corrected chi connectivity index (χ4v) is 0.832. The Kier molecular flexibility index (Phi) is 2.66. The zero-order valence-electron chi connectivity index (χ0n) is 6.70. The van der Waals surface area contributed by atoms with Crippen LogP contribution in [0.3, 0.4) is 0 Å². The third-order valence-corrected chi connectivity index (χ3v) is 1.45. The number of hydrogen-bond donors (Lipinski definition) is 2. The number of nitrogens with two attached hydrogens (primary N) is 1. The molecule has 0 saturated heterocycles. The maximum Gasteiger partial charge on any atom is 0.237 e. The molecule has 64 valence electrons. The lowest BCUT2D eigenvalue weighted by molar-refractivity contribution is 0.319. The van der Waals surface area contributed by atoms with Crippen molar-refractivity contribution in [1.29, 1.82) is 5.41 Å². The maximum atomic E-state index is 7.25. The number of methoxy groups -OCH3 is 1. The first-order valence-electron chi connectivity index (χ1n) is 3.37. The van der Waals surface area contributed by atoms with Gasteiger partial charge in [-0.1, -0.05) is 6.07 Å². The maximum absolute atomic E-state index is 7.25. The molecule has 0 aromatic heterocycles. The van der Waals surface area contributed by atoms with Gasteiger partial charge in [-0.05, 0) is 18.2 Å². The molecule has 0 saturated carbocycles. The van der Waals surface area contributed by atoms with Gasteiger partial charge in [0, 0.05) is 5.56 Å². The molecule has 0 spiro atoms. The van der Waals surface area contributed by atoms with Gasteiger partial charge >= 0.3 is 0 Å². The molecule has 12 heavy (non-hydrogen) atoms. The largest absolute Gasteiger partial charge is 0.497 e. The van der Waals surface area contributed by atoms with Gasteiger partial charge in [-0.15, -0.1) is 0 Å². The van der Waals surface area contributed by atoms with E-state index in [-0.39, 0.29) is 5.90 Å². The van der Waals surface area contributed by atoms with Crippen LogP contribution >= 0.6 is 0 Å². The van der Waals surface area contributed by atoms with Crippen molar-refractivity contribution in [3.8, 4) is 5.75 Å². The van der Waals surface area contributed by atoms with E-state index in [2.05, 4.69) is 4.84 Å². The first kappa shape index (κ1) is 8.55.